The van der Waals surface area contributed by atoms with Gasteiger partial charge in [0.2, 0.25) is 0 Å². The van der Waals surface area contributed by atoms with Gasteiger partial charge in [0.1, 0.15) is 0 Å². The number of aromatic nitrogens is 3. The second kappa shape index (κ2) is 4.45. The van der Waals surface area contributed by atoms with Gasteiger partial charge in [-0.3, -0.25) is 4.98 Å². The highest BCUT2D eigenvalue weighted by Gasteiger charge is 2.07. The SMILES string of the molecule is CC(C)c1ccn(-c2cnccc2CN)n1. The summed E-state index contributed by atoms with van der Waals surface area (Å²) in [6.07, 6.45) is 5.49. The summed E-state index contributed by atoms with van der Waals surface area (Å²) in [4.78, 5) is 4.11. The monoisotopic (exact) mass is 216 g/mol. The van der Waals surface area contributed by atoms with E-state index < -0.39 is 0 Å². The number of hydrogen-bond donors (Lipinski definition) is 1. The van der Waals surface area contributed by atoms with Crippen molar-refractivity contribution in [3.8, 4) is 5.69 Å². The number of nitrogens with two attached hydrogens (primary N) is 1. The van der Waals surface area contributed by atoms with E-state index in [0.29, 0.717) is 12.5 Å². The molecule has 0 radical (unpaired) electrons. The van der Waals surface area contributed by atoms with Crippen molar-refractivity contribution in [2.24, 2.45) is 5.73 Å². The van der Waals surface area contributed by atoms with Crippen LogP contribution in [0.3, 0.4) is 0 Å². The molecule has 4 nitrogen and oxygen atoms in total. The van der Waals surface area contributed by atoms with Crippen LogP contribution in [-0.2, 0) is 6.54 Å². The van der Waals surface area contributed by atoms with Gasteiger partial charge >= 0.3 is 0 Å². The predicted molar refractivity (Wildman–Crippen MR) is 63.3 cm³/mol. The highest BCUT2D eigenvalue weighted by atomic mass is 15.3. The van der Waals surface area contributed by atoms with Crippen LogP contribution in [0.5, 0.6) is 0 Å². The first-order valence-corrected chi connectivity index (χ1v) is 5.41. The summed E-state index contributed by atoms with van der Waals surface area (Å²) in [6, 6.07) is 3.95. The standard InChI is InChI=1S/C12H16N4/c1-9(2)11-4-6-16(15-11)12-8-14-5-3-10(12)7-13/h3-6,8-9H,7,13H2,1-2H3. The molecule has 0 aliphatic rings. The van der Waals surface area contributed by atoms with Gasteiger partial charge in [-0.25, -0.2) is 4.68 Å². The Bertz CT molecular complexity index is 473. The molecule has 0 aromatic carbocycles. The van der Waals surface area contributed by atoms with Gasteiger partial charge in [0, 0.05) is 18.9 Å². The maximum atomic E-state index is 5.69. The lowest BCUT2D eigenvalue weighted by atomic mass is 10.1. The van der Waals surface area contributed by atoms with Crippen molar-refractivity contribution in [2.45, 2.75) is 26.3 Å². The average Bonchev–Trinajstić information content (AvgIpc) is 2.78. The molecule has 2 aromatic rings. The molecule has 0 saturated heterocycles. The Labute approximate surface area is 95.1 Å². The maximum Gasteiger partial charge on any atom is 0.0873 e. The number of nitrogens with zero attached hydrogens (tertiary/aromatic N) is 3. The van der Waals surface area contributed by atoms with Crippen LogP contribution in [-0.4, -0.2) is 14.8 Å². The normalized spacial score (nSPS) is 11.0. The summed E-state index contributed by atoms with van der Waals surface area (Å²) in [5, 5.41) is 4.51. The van der Waals surface area contributed by atoms with Crippen molar-refractivity contribution in [2.75, 3.05) is 0 Å². The third-order valence-electron chi connectivity index (χ3n) is 2.56. The zero-order valence-electron chi connectivity index (χ0n) is 9.59. The fourth-order valence-corrected chi connectivity index (χ4v) is 1.57. The van der Waals surface area contributed by atoms with Crippen LogP contribution < -0.4 is 5.73 Å². The molecule has 0 unspecified atom stereocenters. The lowest BCUT2D eigenvalue weighted by molar-refractivity contribution is 0.761. The van der Waals surface area contributed by atoms with Crippen LogP contribution >= 0.6 is 0 Å². The first kappa shape index (κ1) is 10.8. The van der Waals surface area contributed by atoms with Crippen LogP contribution in [0.25, 0.3) is 5.69 Å². The van der Waals surface area contributed by atoms with Crippen molar-refractivity contribution < 1.29 is 0 Å². The minimum absolute atomic E-state index is 0.430. The molecular weight excluding hydrogens is 200 g/mol. The Morgan fingerprint density at radius 1 is 1.38 bits per heavy atom. The van der Waals surface area contributed by atoms with Crippen molar-refractivity contribution in [1.29, 1.82) is 0 Å². The van der Waals surface area contributed by atoms with Crippen LogP contribution in [0.15, 0.2) is 30.7 Å². The minimum Gasteiger partial charge on any atom is -0.326 e. The molecule has 0 saturated carbocycles. The lowest BCUT2D eigenvalue weighted by Gasteiger charge is -2.06. The van der Waals surface area contributed by atoms with Crippen molar-refractivity contribution in [1.82, 2.24) is 14.8 Å². The number of hydrogen-bond acceptors (Lipinski definition) is 3. The average molecular weight is 216 g/mol. The van der Waals surface area contributed by atoms with E-state index in [1.807, 2.05) is 23.0 Å². The van der Waals surface area contributed by atoms with Crippen molar-refractivity contribution in [3.05, 3.63) is 42.0 Å². The number of pyridine rings is 1. The first-order valence-electron chi connectivity index (χ1n) is 5.41. The number of rotatable bonds is 3. The lowest BCUT2D eigenvalue weighted by Crippen LogP contribution is -2.06. The highest BCUT2D eigenvalue weighted by Crippen LogP contribution is 2.15. The van der Waals surface area contributed by atoms with E-state index in [1.165, 1.54) is 0 Å². The zero-order chi connectivity index (χ0) is 11.5. The largest absolute Gasteiger partial charge is 0.326 e. The topological polar surface area (TPSA) is 56.7 Å². The molecule has 0 aliphatic carbocycles. The summed E-state index contributed by atoms with van der Waals surface area (Å²) in [7, 11) is 0. The van der Waals surface area contributed by atoms with Gasteiger partial charge in [-0.15, -0.1) is 0 Å². The third-order valence-corrected chi connectivity index (χ3v) is 2.56. The molecule has 0 fully saturated rings. The van der Waals surface area contributed by atoms with Gasteiger partial charge in [-0.1, -0.05) is 13.8 Å². The quantitative estimate of drug-likeness (QED) is 0.851. The summed E-state index contributed by atoms with van der Waals surface area (Å²) >= 11 is 0. The third kappa shape index (κ3) is 1.97. The second-order valence-corrected chi connectivity index (χ2v) is 4.05. The molecule has 0 atom stereocenters. The van der Waals surface area contributed by atoms with Crippen molar-refractivity contribution >= 4 is 0 Å². The van der Waals surface area contributed by atoms with E-state index in [2.05, 4.69) is 23.9 Å². The Morgan fingerprint density at radius 2 is 2.19 bits per heavy atom. The van der Waals surface area contributed by atoms with E-state index in [4.69, 9.17) is 5.73 Å². The molecule has 84 valence electrons. The Hall–Kier alpha value is -1.68. The smallest absolute Gasteiger partial charge is 0.0873 e. The Balaban J connectivity index is 2.42. The zero-order valence-corrected chi connectivity index (χ0v) is 9.59. The molecule has 0 bridgehead atoms. The van der Waals surface area contributed by atoms with Gasteiger partial charge < -0.3 is 5.73 Å². The summed E-state index contributed by atoms with van der Waals surface area (Å²) < 4.78 is 1.84. The Morgan fingerprint density at radius 3 is 2.81 bits per heavy atom. The first-order chi connectivity index (χ1) is 7.72. The highest BCUT2D eigenvalue weighted by molar-refractivity contribution is 5.37. The molecule has 2 rings (SSSR count). The Kier molecular flexibility index (Phi) is 3.01. The van der Waals surface area contributed by atoms with Crippen LogP contribution in [0, 0.1) is 0 Å². The molecular formula is C12H16N4. The molecule has 2 heterocycles. The fraction of sp³-hybridized carbons (Fsp3) is 0.333. The van der Waals surface area contributed by atoms with E-state index in [9.17, 15) is 0 Å². The molecule has 0 spiro atoms. The van der Waals surface area contributed by atoms with E-state index in [-0.39, 0.29) is 0 Å². The van der Waals surface area contributed by atoms with Gasteiger partial charge in [-0.05, 0) is 23.6 Å². The van der Waals surface area contributed by atoms with E-state index in [0.717, 1.165) is 16.9 Å². The summed E-state index contributed by atoms with van der Waals surface area (Å²) in [6.45, 7) is 4.74. The van der Waals surface area contributed by atoms with Gasteiger partial charge in [0.05, 0.1) is 17.6 Å². The summed E-state index contributed by atoms with van der Waals surface area (Å²) in [5.74, 6) is 0.430. The molecule has 2 aromatic heterocycles. The fourth-order valence-electron chi connectivity index (χ4n) is 1.57. The molecule has 2 N–H and O–H groups in total. The predicted octanol–water partition coefficient (Wildman–Crippen LogP) is 1.85. The molecule has 4 heteroatoms. The minimum atomic E-state index is 0.430. The van der Waals surface area contributed by atoms with E-state index >= 15 is 0 Å². The molecule has 0 amide bonds. The van der Waals surface area contributed by atoms with E-state index in [1.54, 1.807) is 12.4 Å². The van der Waals surface area contributed by atoms with Gasteiger partial charge in [0.25, 0.3) is 0 Å². The van der Waals surface area contributed by atoms with Crippen LogP contribution in [0.4, 0.5) is 0 Å². The van der Waals surface area contributed by atoms with Gasteiger partial charge in [0.15, 0.2) is 0 Å². The second-order valence-electron chi connectivity index (χ2n) is 4.05. The van der Waals surface area contributed by atoms with Crippen LogP contribution in [0.1, 0.15) is 31.0 Å². The summed E-state index contributed by atoms with van der Waals surface area (Å²) in [5.41, 5.74) is 8.77. The van der Waals surface area contributed by atoms with Crippen molar-refractivity contribution in [3.63, 3.8) is 0 Å². The maximum absolute atomic E-state index is 5.69. The van der Waals surface area contributed by atoms with Crippen LogP contribution in [0.2, 0.25) is 0 Å². The molecule has 0 aliphatic heterocycles. The van der Waals surface area contributed by atoms with Gasteiger partial charge in [-0.2, -0.15) is 5.10 Å². The molecule has 16 heavy (non-hydrogen) atoms.